The van der Waals surface area contributed by atoms with Crippen molar-refractivity contribution in [3.8, 4) is 5.88 Å². The van der Waals surface area contributed by atoms with Crippen LogP contribution in [-0.2, 0) is 17.6 Å². The van der Waals surface area contributed by atoms with Gasteiger partial charge in [0, 0.05) is 5.69 Å². The van der Waals surface area contributed by atoms with E-state index in [1.807, 2.05) is 4.52 Å². The van der Waals surface area contributed by atoms with Crippen LogP contribution in [0.15, 0.2) is 12.1 Å². The number of ether oxygens (including phenoxy) is 2. The Bertz CT molecular complexity index is 719. The summed E-state index contributed by atoms with van der Waals surface area (Å²) < 4.78 is 14.3. The maximum atomic E-state index is 6.25. The molecular weight excluding hydrogens is 292 g/mol. The Morgan fingerprint density at radius 1 is 1.30 bits per heavy atom. The highest BCUT2D eigenvalue weighted by Crippen LogP contribution is 2.30. The lowest BCUT2D eigenvalue weighted by molar-refractivity contribution is -0.916. The SMILES string of the molecule is C[N+]1(CCOc2nn3c4c(ccc3c2N)CCC4)CCOCC1. The lowest BCUT2D eigenvalue weighted by Crippen LogP contribution is -2.53. The molecule has 3 heterocycles. The Hall–Kier alpha value is -1.79. The first kappa shape index (κ1) is 14.8. The molecule has 2 aromatic rings. The third-order valence-electron chi connectivity index (χ3n) is 5.27. The standard InChI is InChI=1S/C17H25N4O2/c1-21(7-10-22-11-8-21)9-12-23-17-16(18)15-6-5-13-3-2-4-14(13)20(15)19-17/h5-6H,2-4,7-12,18H2,1H3/q+1. The molecule has 1 aliphatic heterocycles. The molecule has 1 saturated heterocycles. The fourth-order valence-corrected chi connectivity index (χ4v) is 3.62. The van der Waals surface area contributed by atoms with Gasteiger partial charge >= 0.3 is 0 Å². The molecule has 0 radical (unpaired) electrons. The second-order valence-corrected chi connectivity index (χ2v) is 6.93. The number of anilines is 1. The van der Waals surface area contributed by atoms with Crippen LogP contribution in [0.2, 0.25) is 0 Å². The number of hydrogen-bond acceptors (Lipinski definition) is 4. The summed E-state index contributed by atoms with van der Waals surface area (Å²) >= 11 is 0. The van der Waals surface area contributed by atoms with Crippen LogP contribution < -0.4 is 10.5 Å². The molecule has 0 saturated carbocycles. The summed E-state index contributed by atoms with van der Waals surface area (Å²) in [5.74, 6) is 0.574. The predicted octanol–water partition coefficient (Wildman–Crippen LogP) is 1.26. The van der Waals surface area contributed by atoms with Gasteiger partial charge in [0.2, 0.25) is 0 Å². The van der Waals surface area contributed by atoms with Crippen molar-refractivity contribution < 1.29 is 14.0 Å². The molecule has 0 unspecified atom stereocenters. The van der Waals surface area contributed by atoms with Crippen LogP contribution in [0, 0.1) is 0 Å². The van der Waals surface area contributed by atoms with Crippen molar-refractivity contribution in [3.05, 3.63) is 23.4 Å². The van der Waals surface area contributed by atoms with E-state index in [4.69, 9.17) is 15.2 Å². The topological polar surface area (TPSA) is 61.8 Å². The largest absolute Gasteiger partial charge is 0.469 e. The van der Waals surface area contributed by atoms with Crippen molar-refractivity contribution in [2.75, 3.05) is 52.2 Å². The van der Waals surface area contributed by atoms with Gasteiger partial charge in [-0.05, 0) is 30.9 Å². The number of fused-ring (bicyclic) bond motifs is 3. The highest BCUT2D eigenvalue weighted by atomic mass is 16.5. The van der Waals surface area contributed by atoms with E-state index in [2.05, 4.69) is 24.3 Å². The van der Waals surface area contributed by atoms with E-state index < -0.39 is 0 Å². The Morgan fingerprint density at radius 3 is 2.96 bits per heavy atom. The number of hydrogen-bond donors (Lipinski definition) is 1. The maximum absolute atomic E-state index is 6.25. The molecule has 2 N–H and O–H groups in total. The average molecular weight is 317 g/mol. The van der Waals surface area contributed by atoms with E-state index in [-0.39, 0.29) is 0 Å². The fourth-order valence-electron chi connectivity index (χ4n) is 3.62. The summed E-state index contributed by atoms with van der Waals surface area (Å²) in [4.78, 5) is 0. The van der Waals surface area contributed by atoms with Crippen LogP contribution in [0.4, 0.5) is 5.69 Å². The maximum Gasteiger partial charge on any atom is 0.257 e. The summed E-state index contributed by atoms with van der Waals surface area (Å²) in [6.45, 7) is 5.33. The second-order valence-electron chi connectivity index (χ2n) is 6.93. The number of nitrogen functional groups attached to an aromatic ring is 1. The monoisotopic (exact) mass is 317 g/mol. The third kappa shape index (κ3) is 2.66. The molecule has 124 valence electrons. The first-order valence-corrected chi connectivity index (χ1v) is 8.49. The minimum atomic E-state index is 0.574. The van der Waals surface area contributed by atoms with Crippen molar-refractivity contribution in [1.29, 1.82) is 0 Å². The minimum absolute atomic E-state index is 0.574. The second kappa shape index (κ2) is 5.69. The highest BCUT2D eigenvalue weighted by Gasteiger charge is 2.25. The molecule has 23 heavy (non-hydrogen) atoms. The molecule has 0 atom stereocenters. The fraction of sp³-hybridized carbons (Fsp3) is 0.588. The van der Waals surface area contributed by atoms with Gasteiger partial charge in [-0.3, -0.25) is 0 Å². The van der Waals surface area contributed by atoms with E-state index >= 15 is 0 Å². The molecule has 0 spiro atoms. The molecular formula is C17H25N4O2+. The molecule has 2 aromatic heterocycles. The number of morpholine rings is 1. The molecule has 1 aliphatic carbocycles. The molecule has 6 heteroatoms. The number of nitrogens with two attached hydrogens (primary N) is 1. The van der Waals surface area contributed by atoms with Gasteiger partial charge < -0.3 is 19.7 Å². The van der Waals surface area contributed by atoms with Crippen molar-refractivity contribution in [2.24, 2.45) is 0 Å². The van der Waals surface area contributed by atoms with E-state index in [0.717, 1.165) is 55.7 Å². The average Bonchev–Trinajstić information content (AvgIpc) is 3.13. The van der Waals surface area contributed by atoms with Crippen molar-refractivity contribution in [2.45, 2.75) is 19.3 Å². The number of quaternary nitrogens is 1. The summed E-state index contributed by atoms with van der Waals surface area (Å²) in [5, 5.41) is 4.63. The lowest BCUT2D eigenvalue weighted by atomic mass is 10.2. The number of aryl methyl sites for hydroxylation is 2. The van der Waals surface area contributed by atoms with Gasteiger partial charge in [-0.25, -0.2) is 4.52 Å². The number of pyridine rings is 1. The molecule has 2 aliphatic rings. The van der Waals surface area contributed by atoms with Crippen LogP contribution >= 0.6 is 0 Å². The van der Waals surface area contributed by atoms with Crippen LogP contribution in [-0.4, -0.2) is 60.6 Å². The number of likely N-dealkylation sites (N-methyl/N-ethyl adjacent to an activating group) is 1. The quantitative estimate of drug-likeness (QED) is 0.863. The molecule has 4 rings (SSSR count). The van der Waals surface area contributed by atoms with E-state index in [1.165, 1.54) is 17.7 Å². The number of rotatable bonds is 4. The Kier molecular flexibility index (Phi) is 3.66. The highest BCUT2D eigenvalue weighted by molar-refractivity contribution is 5.75. The van der Waals surface area contributed by atoms with Crippen LogP contribution in [0.1, 0.15) is 17.7 Å². The molecule has 6 nitrogen and oxygen atoms in total. The Balaban J connectivity index is 1.50. The zero-order chi connectivity index (χ0) is 15.9. The smallest absolute Gasteiger partial charge is 0.257 e. The molecule has 0 aromatic carbocycles. The minimum Gasteiger partial charge on any atom is -0.469 e. The van der Waals surface area contributed by atoms with E-state index in [9.17, 15) is 0 Å². The number of aromatic nitrogens is 2. The predicted molar refractivity (Wildman–Crippen MR) is 88.7 cm³/mol. The van der Waals surface area contributed by atoms with Gasteiger partial charge in [-0.1, -0.05) is 6.07 Å². The van der Waals surface area contributed by atoms with Crippen molar-refractivity contribution in [3.63, 3.8) is 0 Å². The van der Waals surface area contributed by atoms with E-state index in [0.29, 0.717) is 18.2 Å². The van der Waals surface area contributed by atoms with Gasteiger partial charge in [0.25, 0.3) is 5.88 Å². The first-order chi connectivity index (χ1) is 11.2. The van der Waals surface area contributed by atoms with Gasteiger partial charge in [0.05, 0.1) is 25.8 Å². The number of nitrogens with zero attached hydrogens (tertiary/aromatic N) is 3. The van der Waals surface area contributed by atoms with Gasteiger partial charge in [0.1, 0.15) is 31.9 Å². The van der Waals surface area contributed by atoms with Crippen LogP contribution in [0.25, 0.3) is 5.52 Å². The van der Waals surface area contributed by atoms with Gasteiger partial charge in [-0.15, -0.1) is 5.10 Å². The Morgan fingerprint density at radius 2 is 2.13 bits per heavy atom. The summed E-state index contributed by atoms with van der Waals surface area (Å²) in [5.41, 5.74) is 10.5. The normalized spacial score (nSPS) is 19.9. The molecule has 0 bridgehead atoms. The van der Waals surface area contributed by atoms with Crippen molar-refractivity contribution >= 4 is 11.2 Å². The summed E-state index contributed by atoms with van der Waals surface area (Å²) in [7, 11) is 2.26. The zero-order valence-electron chi connectivity index (χ0n) is 13.8. The zero-order valence-corrected chi connectivity index (χ0v) is 13.8. The Labute approximate surface area is 136 Å². The summed E-state index contributed by atoms with van der Waals surface area (Å²) in [6.07, 6.45) is 3.41. The van der Waals surface area contributed by atoms with Gasteiger partial charge in [-0.2, -0.15) is 0 Å². The lowest BCUT2D eigenvalue weighted by Gasteiger charge is -2.37. The van der Waals surface area contributed by atoms with E-state index in [1.54, 1.807) is 0 Å². The third-order valence-corrected chi connectivity index (χ3v) is 5.27. The van der Waals surface area contributed by atoms with Crippen LogP contribution in [0.5, 0.6) is 5.88 Å². The first-order valence-electron chi connectivity index (χ1n) is 8.49. The summed E-state index contributed by atoms with van der Waals surface area (Å²) in [6, 6.07) is 4.24. The molecule has 0 amide bonds. The van der Waals surface area contributed by atoms with Crippen LogP contribution in [0.3, 0.4) is 0 Å². The molecule has 1 fully saturated rings. The van der Waals surface area contributed by atoms with Gasteiger partial charge in [0.15, 0.2) is 0 Å². The van der Waals surface area contributed by atoms with Crippen molar-refractivity contribution in [1.82, 2.24) is 9.61 Å².